The Labute approximate surface area is 190 Å². The Hall–Kier alpha value is -4.32. The minimum absolute atomic E-state index is 0.000466. The van der Waals surface area contributed by atoms with Gasteiger partial charge in [-0.3, -0.25) is 14.9 Å². The Morgan fingerprint density at radius 1 is 1.12 bits per heavy atom. The van der Waals surface area contributed by atoms with Gasteiger partial charge in [0.25, 0.3) is 11.6 Å². The third-order valence-electron chi connectivity index (χ3n) is 5.77. The van der Waals surface area contributed by atoms with Crippen LogP contribution in [0.1, 0.15) is 34.5 Å². The van der Waals surface area contributed by atoms with Gasteiger partial charge in [0.15, 0.2) is 11.5 Å². The Morgan fingerprint density at radius 3 is 2.52 bits per heavy atom. The summed E-state index contributed by atoms with van der Waals surface area (Å²) in [5.41, 5.74) is 1.42. The predicted molar refractivity (Wildman–Crippen MR) is 123 cm³/mol. The van der Waals surface area contributed by atoms with Crippen LogP contribution >= 0.6 is 0 Å². The molecule has 166 valence electrons. The van der Waals surface area contributed by atoms with Crippen LogP contribution in [0, 0.1) is 27.4 Å². The molecule has 9 nitrogen and oxygen atoms in total. The number of nitro groups is 1. The monoisotopic (exact) mass is 442 g/mol. The smallest absolute Gasteiger partial charge is 0.276 e. The largest absolute Gasteiger partial charge is 0.355 e. The molecule has 2 aromatic carbocycles. The third-order valence-corrected chi connectivity index (χ3v) is 5.77. The maximum atomic E-state index is 12.5. The molecule has 1 fully saturated rings. The molecule has 0 atom stereocenters. The zero-order chi connectivity index (χ0) is 23.2. The molecule has 1 aromatic heterocycles. The van der Waals surface area contributed by atoms with Gasteiger partial charge in [0, 0.05) is 25.2 Å². The highest BCUT2D eigenvalue weighted by Gasteiger charge is 2.21. The lowest BCUT2D eigenvalue weighted by atomic mass is 9.90. The third kappa shape index (κ3) is 5.30. The van der Waals surface area contributed by atoms with Crippen molar-refractivity contribution in [1.82, 2.24) is 10.2 Å². The summed E-state index contributed by atoms with van der Waals surface area (Å²) in [5.74, 6) is 0.816. The number of hydrogen-bond donors (Lipinski definition) is 1. The van der Waals surface area contributed by atoms with Gasteiger partial charge >= 0.3 is 0 Å². The Kier molecular flexibility index (Phi) is 6.55. The van der Waals surface area contributed by atoms with Crippen LogP contribution in [0.2, 0.25) is 0 Å². The topological polar surface area (TPSA) is 125 Å². The van der Waals surface area contributed by atoms with Crippen LogP contribution in [-0.2, 0) is 6.42 Å². The maximum Gasteiger partial charge on any atom is 0.276 e. The number of carbonyl (C=O) groups excluding carboxylic acids is 1. The van der Waals surface area contributed by atoms with E-state index in [-0.39, 0.29) is 22.6 Å². The van der Waals surface area contributed by atoms with Gasteiger partial charge in [0.05, 0.1) is 16.2 Å². The van der Waals surface area contributed by atoms with Gasteiger partial charge in [-0.2, -0.15) is 5.26 Å². The minimum atomic E-state index is -0.596. The highest BCUT2D eigenvalue weighted by molar-refractivity contribution is 6.03. The van der Waals surface area contributed by atoms with Crippen LogP contribution in [0.5, 0.6) is 0 Å². The lowest BCUT2D eigenvalue weighted by molar-refractivity contribution is -0.384. The van der Waals surface area contributed by atoms with Crippen LogP contribution in [0.25, 0.3) is 0 Å². The molecule has 0 radical (unpaired) electrons. The number of nitrogens with one attached hydrogen (secondary N) is 1. The molecule has 2 heterocycles. The van der Waals surface area contributed by atoms with Crippen LogP contribution in [-0.4, -0.2) is 34.1 Å². The van der Waals surface area contributed by atoms with Gasteiger partial charge in [0.1, 0.15) is 6.07 Å². The Balaban J connectivity index is 1.35. The van der Waals surface area contributed by atoms with E-state index in [1.165, 1.54) is 17.7 Å². The number of rotatable bonds is 6. The molecule has 0 aliphatic carbocycles. The lowest BCUT2D eigenvalue weighted by Crippen LogP contribution is -2.35. The number of piperidine rings is 1. The molecule has 1 saturated heterocycles. The number of nitriles is 1. The summed E-state index contributed by atoms with van der Waals surface area (Å²) >= 11 is 0. The average Bonchev–Trinajstić information content (AvgIpc) is 2.85. The second kappa shape index (κ2) is 9.87. The van der Waals surface area contributed by atoms with Crippen molar-refractivity contribution in [2.45, 2.75) is 19.3 Å². The molecule has 4 rings (SSSR count). The number of non-ortho nitro benzene ring substituents is 1. The van der Waals surface area contributed by atoms with E-state index in [1.807, 2.05) is 12.1 Å². The van der Waals surface area contributed by atoms with E-state index in [2.05, 4.69) is 44.7 Å². The lowest BCUT2D eigenvalue weighted by Gasteiger charge is -2.32. The van der Waals surface area contributed by atoms with Crippen LogP contribution in [0.15, 0.2) is 60.7 Å². The first-order valence-corrected chi connectivity index (χ1v) is 10.7. The number of nitrogens with zero attached hydrogens (tertiary/aromatic N) is 5. The maximum absolute atomic E-state index is 12.5. The van der Waals surface area contributed by atoms with Gasteiger partial charge in [0.2, 0.25) is 0 Å². The highest BCUT2D eigenvalue weighted by Crippen LogP contribution is 2.25. The summed E-state index contributed by atoms with van der Waals surface area (Å²) < 4.78 is 0. The number of hydrogen-bond acceptors (Lipinski definition) is 7. The van der Waals surface area contributed by atoms with Gasteiger partial charge < -0.3 is 10.2 Å². The molecule has 1 aliphatic heterocycles. The summed E-state index contributed by atoms with van der Waals surface area (Å²) in [7, 11) is 0. The van der Waals surface area contributed by atoms with E-state index in [1.54, 1.807) is 12.1 Å². The molecule has 3 aromatic rings. The van der Waals surface area contributed by atoms with Crippen molar-refractivity contribution in [3.05, 3.63) is 87.6 Å². The Bertz CT molecular complexity index is 1180. The first kappa shape index (κ1) is 21.9. The van der Waals surface area contributed by atoms with E-state index in [9.17, 15) is 20.2 Å². The fourth-order valence-electron chi connectivity index (χ4n) is 3.96. The molecular formula is C24H22N6O3. The van der Waals surface area contributed by atoms with Gasteiger partial charge in [-0.05, 0) is 48.9 Å². The van der Waals surface area contributed by atoms with Gasteiger partial charge in [-0.1, -0.05) is 30.3 Å². The normalized spacial score (nSPS) is 13.8. The molecule has 0 spiro atoms. The molecular weight excluding hydrogens is 420 g/mol. The van der Waals surface area contributed by atoms with Crippen LogP contribution in [0.4, 0.5) is 17.2 Å². The molecule has 1 N–H and O–H groups in total. The zero-order valence-corrected chi connectivity index (χ0v) is 17.8. The van der Waals surface area contributed by atoms with E-state index in [4.69, 9.17) is 0 Å². The summed E-state index contributed by atoms with van der Waals surface area (Å²) in [6.45, 7) is 1.76. The predicted octanol–water partition coefficient (Wildman–Crippen LogP) is 3.97. The molecule has 1 aliphatic rings. The molecule has 1 amide bonds. The summed E-state index contributed by atoms with van der Waals surface area (Å²) in [4.78, 5) is 25.0. The van der Waals surface area contributed by atoms with Gasteiger partial charge in [-0.15, -0.1) is 10.2 Å². The van der Waals surface area contributed by atoms with Crippen LogP contribution in [0.3, 0.4) is 0 Å². The van der Waals surface area contributed by atoms with E-state index < -0.39 is 10.8 Å². The first-order chi connectivity index (χ1) is 16.0. The summed E-state index contributed by atoms with van der Waals surface area (Å²) in [5, 5.41) is 30.9. The summed E-state index contributed by atoms with van der Waals surface area (Å²) in [6, 6.07) is 19.4. The minimum Gasteiger partial charge on any atom is -0.355 e. The highest BCUT2D eigenvalue weighted by atomic mass is 16.6. The number of anilines is 2. The van der Waals surface area contributed by atoms with Crippen molar-refractivity contribution in [1.29, 1.82) is 5.26 Å². The fourth-order valence-corrected chi connectivity index (χ4v) is 3.96. The molecule has 0 saturated carbocycles. The van der Waals surface area contributed by atoms with Crippen molar-refractivity contribution < 1.29 is 9.72 Å². The number of aromatic nitrogens is 2. The molecule has 9 heteroatoms. The number of carbonyl (C=O) groups is 1. The van der Waals surface area contributed by atoms with Crippen molar-refractivity contribution >= 4 is 23.1 Å². The van der Waals surface area contributed by atoms with E-state index in [0.717, 1.165) is 44.2 Å². The van der Waals surface area contributed by atoms with Crippen molar-refractivity contribution in [3.63, 3.8) is 0 Å². The molecule has 0 unspecified atom stereocenters. The van der Waals surface area contributed by atoms with Crippen LogP contribution < -0.4 is 10.2 Å². The average molecular weight is 442 g/mol. The zero-order valence-electron chi connectivity index (χ0n) is 17.8. The number of amides is 1. The first-order valence-electron chi connectivity index (χ1n) is 10.7. The standard InChI is InChI=1S/C24H22N6O3/c25-16-19-15-20(30(32)33)6-7-21(19)26-24(31)22-8-9-23(28-27-22)29-12-10-18(11-13-29)14-17-4-2-1-3-5-17/h1-9,15,18H,10-14H2,(H,26,31). The van der Waals surface area contributed by atoms with Crippen molar-refractivity contribution in [2.24, 2.45) is 5.92 Å². The number of nitro benzene ring substituents is 1. The second-order valence-electron chi connectivity index (χ2n) is 7.95. The Morgan fingerprint density at radius 2 is 1.88 bits per heavy atom. The quantitative estimate of drug-likeness (QED) is 0.452. The van der Waals surface area contributed by atoms with E-state index >= 15 is 0 Å². The second-order valence-corrected chi connectivity index (χ2v) is 7.95. The van der Waals surface area contributed by atoms with Crippen molar-refractivity contribution in [3.8, 4) is 6.07 Å². The fraction of sp³-hybridized carbons (Fsp3) is 0.250. The van der Waals surface area contributed by atoms with Crippen molar-refractivity contribution in [2.75, 3.05) is 23.3 Å². The molecule has 33 heavy (non-hydrogen) atoms. The van der Waals surface area contributed by atoms with Gasteiger partial charge in [-0.25, -0.2) is 0 Å². The summed E-state index contributed by atoms with van der Waals surface area (Å²) in [6.07, 6.45) is 3.21. The number of benzene rings is 2. The molecule has 0 bridgehead atoms. The SMILES string of the molecule is N#Cc1cc([N+](=O)[O-])ccc1NC(=O)c1ccc(N2CCC(Cc3ccccc3)CC2)nn1. The van der Waals surface area contributed by atoms with E-state index in [0.29, 0.717) is 5.92 Å².